The van der Waals surface area contributed by atoms with Gasteiger partial charge < -0.3 is 28.8 Å². The molecule has 172 valence electrons. The molecule has 7 nitrogen and oxygen atoms in total. The van der Waals surface area contributed by atoms with E-state index in [1.54, 1.807) is 20.8 Å². The van der Waals surface area contributed by atoms with E-state index >= 15 is 0 Å². The van der Waals surface area contributed by atoms with Crippen LogP contribution in [0.25, 0.3) is 0 Å². The fourth-order valence-corrected chi connectivity index (χ4v) is 4.87. The summed E-state index contributed by atoms with van der Waals surface area (Å²) in [6.07, 6.45) is 2.34. The zero-order valence-electron chi connectivity index (χ0n) is 19.8. The molecular formula is C24H34O7. The SMILES string of the molecule is COc1c(C)c([C@@](C)(O)C=C(C)[C@H](O)C(C)=C[C@]2(C)O[C@@H](C)[C@]3(C)O[C@H]32)oc(=O)c1C. The summed E-state index contributed by atoms with van der Waals surface area (Å²) in [6, 6.07) is 0. The molecule has 1 aromatic rings. The van der Waals surface area contributed by atoms with Gasteiger partial charge in [0.15, 0.2) is 0 Å². The zero-order valence-corrected chi connectivity index (χ0v) is 19.8. The van der Waals surface area contributed by atoms with Gasteiger partial charge in [-0.05, 0) is 78.7 Å². The molecule has 2 saturated heterocycles. The summed E-state index contributed by atoms with van der Waals surface area (Å²) in [6.45, 7) is 14.3. The number of hydrogen-bond donors (Lipinski definition) is 2. The number of ether oxygens (including phenoxy) is 3. The fourth-order valence-electron chi connectivity index (χ4n) is 4.87. The lowest BCUT2D eigenvalue weighted by atomic mass is 9.89. The van der Waals surface area contributed by atoms with Crippen LogP contribution in [0.1, 0.15) is 58.4 Å². The number of hydrogen-bond acceptors (Lipinski definition) is 7. The Morgan fingerprint density at radius 3 is 2.29 bits per heavy atom. The van der Waals surface area contributed by atoms with E-state index in [9.17, 15) is 15.0 Å². The topological polar surface area (TPSA) is 102 Å². The molecule has 0 aliphatic carbocycles. The predicted molar refractivity (Wildman–Crippen MR) is 116 cm³/mol. The van der Waals surface area contributed by atoms with Crippen molar-refractivity contribution in [1.29, 1.82) is 0 Å². The van der Waals surface area contributed by atoms with Crippen LogP contribution in [0.15, 0.2) is 32.5 Å². The first-order valence-corrected chi connectivity index (χ1v) is 10.5. The van der Waals surface area contributed by atoms with E-state index in [-0.39, 0.29) is 23.6 Å². The standard InChI is InChI=1S/C24H34O7/c1-12(10-22(6,27)19-14(3)18(28-9)15(4)20(26)29-19)17(25)13(2)11-23(7)21-24(8,31-21)16(5)30-23/h10-11,16-17,21,25,27H,1-9H3/t16-,17-,21-,22-,23-,24-/m0/s1. The summed E-state index contributed by atoms with van der Waals surface area (Å²) in [5.74, 6) is 0.456. The number of fused-ring (bicyclic) bond motifs is 1. The molecule has 31 heavy (non-hydrogen) atoms. The van der Waals surface area contributed by atoms with Gasteiger partial charge in [-0.3, -0.25) is 0 Å². The lowest BCUT2D eigenvalue weighted by molar-refractivity contribution is -0.0724. The number of methoxy groups -OCH3 is 1. The minimum absolute atomic E-state index is 0.0385. The second-order valence-corrected chi connectivity index (χ2v) is 9.45. The van der Waals surface area contributed by atoms with Gasteiger partial charge in [-0.25, -0.2) is 4.79 Å². The van der Waals surface area contributed by atoms with E-state index in [0.717, 1.165) is 0 Å². The monoisotopic (exact) mass is 434 g/mol. The lowest BCUT2D eigenvalue weighted by Crippen LogP contribution is -2.31. The van der Waals surface area contributed by atoms with E-state index in [0.29, 0.717) is 28.0 Å². The maximum atomic E-state index is 12.2. The van der Waals surface area contributed by atoms with Crippen molar-refractivity contribution < 1.29 is 28.8 Å². The van der Waals surface area contributed by atoms with Crippen LogP contribution in [0.4, 0.5) is 0 Å². The maximum absolute atomic E-state index is 12.2. The van der Waals surface area contributed by atoms with Crippen LogP contribution in [-0.2, 0) is 15.1 Å². The molecule has 3 heterocycles. The number of aliphatic hydroxyl groups excluding tert-OH is 1. The Labute approximate surface area is 183 Å². The molecule has 2 N–H and O–H groups in total. The lowest BCUT2D eigenvalue weighted by Gasteiger charge is -2.27. The third kappa shape index (κ3) is 3.89. The van der Waals surface area contributed by atoms with Crippen molar-refractivity contribution in [3.05, 3.63) is 50.6 Å². The van der Waals surface area contributed by atoms with Crippen LogP contribution in [0.3, 0.4) is 0 Å². The van der Waals surface area contributed by atoms with Crippen molar-refractivity contribution in [1.82, 2.24) is 0 Å². The van der Waals surface area contributed by atoms with E-state index in [4.69, 9.17) is 18.6 Å². The van der Waals surface area contributed by atoms with Crippen molar-refractivity contribution in [3.8, 4) is 5.75 Å². The van der Waals surface area contributed by atoms with Crippen molar-refractivity contribution in [2.75, 3.05) is 7.11 Å². The third-order valence-corrected chi connectivity index (χ3v) is 6.67. The van der Waals surface area contributed by atoms with Crippen LogP contribution in [0.2, 0.25) is 0 Å². The quantitative estimate of drug-likeness (QED) is 0.524. The average Bonchev–Trinajstić information content (AvgIpc) is 3.33. The van der Waals surface area contributed by atoms with Crippen LogP contribution in [0.5, 0.6) is 5.75 Å². The summed E-state index contributed by atoms with van der Waals surface area (Å²) < 4.78 is 22.7. The maximum Gasteiger partial charge on any atom is 0.342 e. The van der Waals surface area contributed by atoms with Gasteiger partial charge in [0, 0.05) is 5.56 Å². The minimum atomic E-state index is -1.63. The first-order chi connectivity index (χ1) is 14.2. The van der Waals surface area contributed by atoms with Gasteiger partial charge in [0.25, 0.3) is 0 Å². The van der Waals surface area contributed by atoms with Gasteiger partial charge in [-0.1, -0.05) is 0 Å². The molecule has 0 unspecified atom stereocenters. The molecule has 2 fully saturated rings. The second-order valence-electron chi connectivity index (χ2n) is 9.45. The van der Waals surface area contributed by atoms with Crippen LogP contribution >= 0.6 is 0 Å². The highest BCUT2D eigenvalue weighted by molar-refractivity contribution is 5.43. The Morgan fingerprint density at radius 2 is 1.81 bits per heavy atom. The molecule has 2 aliphatic heterocycles. The van der Waals surface area contributed by atoms with Crippen molar-refractivity contribution in [2.45, 2.75) is 90.5 Å². The Bertz CT molecular complexity index is 1000. The molecular weight excluding hydrogens is 400 g/mol. The highest BCUT2D eigenvalue weighted by Gasteiger charge is 2.71. The molecule has 1 aromatic heterocycles. The van der Waals surface area contributed by atoms with Gasteiger partial charge in [0.2, 0.25) is 0 Å². The number of epoxide rings is 1. The number of aliphatic hydroxyl groups is 2. The molecule has 7 heteroatoms. The van der Waals surface area contributed by atoms with Crippen molar-refractivity contribution in [2.24, 2.45) is 0 Å². The largest absolute Gasteiger partial charge is 0.496 e. The normalized spacial score (nSPS) is 33.6. The van der Waals surface area contributed by atoms with E-state index in [1.165, 1.54) is 20.1 Å². The van der Waals surface area contributed by atoms with Gasteiger partial charge >= 0.3 is 5.63 Å². The summed E-state index contributed by atoms with van der Waals surface area (Å²) in [4.78, 5) is 12.2. The van der Waals surface area contributed by atoms with E-state index in [2.05, 4.69) is 0 Å². The first-order valence-electron chi connectivity index (χ1n) is 10.5. The molecule has 0 aromatic carbocycles. The third-order valence-electron chi connectivity index (χ3n) is 6.67. The summed E-state index contributed by atoms with van der Waals surface area (Å²) >= 11 is 0. The Hall–Kier alpha value is -1.93. The molecule has 0 amide bonds. The minimum Gasteiger partial charge on any atom is -0.496 e. The predicted octanol–water partition coefficient (Wildman–Crippen LogP) is 3.06. The van der Waals surface area contributed by atoms with Crippen molar-refractivity contribution in [3.63, 3.8) is 0 Å². The molecule has 6 atom stereocenters. The Morgan fingerprint density at radius 1 is 1.19 bits per heavy atom. The van der Waals surface area contributed by atoms with Gasteiger partial charge in [0.1, 0.15) is 34.4 Å². The molecule has 0 radical (unpaired) electrons. The van der Waals surface area contributed by atoms with Crippen LogP contribution in [0, 0.1) is 13.8 Å². The molecule has 3 rings (SSSR count). The van der Waals surface area contributed by atoms with Gasteiger partial charge in [-0.15, -0.1) is 0 Å². The van der Waals surface area contributed by atoms with Gasteiger partial charge in [-0.2, -0.15) is 0 Å². The van der Waals surface area contributed by atoms with E-state index < -0.39 is 22.9 Å². The van der Waals surface area contributed by atoms with Crippen LogP contribution < -0.4 is 10.4 Å². The zero-order chi connectivity index (χ0) is 23.5. The van der Waals surface area contributed by atoms with Crippen LogP contribution in [-0.4, -0.2) is 46.8 Å². The summed E-state index contributed by atoms with van der Waals surface area (Å²) in [5.41, 5.74) is -1.06. The summed E-state index contributed by atoms with van der Waals surface area (Å²) in [5, 5.41) is 22.0. The molecule has 0 bridgehead atoms. The Kier molecular flexibility index (Phi) is 5.81. The first kappa shape index (κ1) is 23.7. The fraction of sp³-hybridized carbons (Fsp3) is 0.625. The highest BCUT2D eigenvalue weighted by Crippen LogP contribution is 2.55. The summed E-state index contributed by atoms with van der Waals surface area (Å²) in [7, 11) is 1.47. The average molecular weight is 435 g/mol. The highest BCUT2D eigenvalue weighted by atomic mass is 16.7. The van der Waals surface area contributed by atoms with E-state index in [1.807, 2.05) is 33.8 Å². The molecule has 2 aliphatic rings. The number of rotatable bonds is 6. The van der Waals surface area contributed by atoms with Crippen molar-refractivity contribution >= 4 is 0 Å². The Balaban J connectivity index is 1.90. The smallest absolute Gasteiger partial charge is 0.342 e. The van der Waals surface area contributed by atoms with Gasteiger partial charge in [0.05, 0.1) is 24.9 Å². The second kappa shape index (κ2) is 7.59. The molecule has 0 saturated carbocycles. The molecule has 0 spiro atoms.